The van der Waals surface area contributed by atoms with Crippen LogP contribution in [0.3, 0.4) is 0 Å². The summed E-state index contributed by atoms with van der Waals surface area (Å²) in [5.41, 5.74) is 2.76. The van der Waals surface area contributed by atoms with Crippen LogP contribution in [0.5, 0.6) is 0 Å². The van der Waals surface area contributed by atoms with Crippen LogP contribution in [0.1, 0.15) is 48.2 Å². The van der Waals surface area contributed by atoms with Gasteiger partial charge in [-0.25, -0.2) is 4.39 Å². The molecule has 0 bridgehead atoms. The largest absolute Gasteiger partial charge is 0.325 e. The van der Waals surface area contributed by atoms with Crippen LogP contribution in [0.25, 0.3) is 6.08 Å². The average Bonchev–Trinajstić information content (AvgIpc) is 2.98. The maximum atomic E-state index is 14.4. The Morgan fingerprint density at radius 3 is 2.14 bits per heavy atom. The van der Waals surface area contributed by atoms with Crippen LogP contribution in [0.15, 0.2) is 114 Å². The van der Waals surface area contributed by atoms with Crippen LogP contribution < -0.4 is 16.0 Å². The lowest BCUT2D eigenvalue weighted by atomic mass is 10.0. The van der Waals surface area contributed by atoms with E-state index >= 15 is 0 Å². The molecule has 0 aliphatic rings. The normalized spacial score (nSPS) is 12.0. The van der Waals surface area contributed by atoms with Crippen molar-refractivity contribution in [1.29, 1.82) is 0 Å². The van der Waals surface area contributed by atoms with Crippen molar-refractivity contribution in [3.63, 3.8) is 0 Å². The highest BCUT2D eigenvalue weighted by molar-refractivity contribution is 8.00. The van der Waals surface area contributed by atoms with Gasteiger partial charge in [-0.3, -0.25) is 14.4 Å². The maximum absolute atomic E-state index is 14.4. The van der Waals surface area contributed by atoms with Gasteiger partial charge in [0, 0.05) is 27.4 Å². The molecule has 0 aliphatic heterocycles. The lowest BCUT2D eigenvalue weighted by molar-refractivity contribution is -0.115. The zero-order valence-electron chi connectivity index (χ0n) is 23.6. The second-order valence-corrected chi connectivity index (χ2v) is 11.3. The first-order valence-electron chi connectivity index (χ1n) is 13.5. The molecule has 0 radical (unpaired) electrons. The molecule has 0 aliphatic carbocycles. The van der Waals surface area contributed by atoms with Crippen LogP contribution in [-0.2, 0) is 9.59 Å². The summed E-state index contributed by atoms with van der Waals surface area (Å²) in [6.45, 7) is 6.04. The van der Waals surface area contributed by atoms with Gasteiger partial charge >= 0.3 is 0 Å². The van der Waals surface area contributed by atoms with E-state index in [0.717, 1.165) is 10.6 Å². The second kappa shape index (κ2) is 14.3. The number of thioether (sulfide) groups is 1. The first-order chi connectivity index (χ1) is 20.2. The molecule has 0 saturated heterocycles. The Morgan fingerprint density at radius 1 is 0.762 bits per heavy atom. The molecule has 42 heavy (non-hydrogen) atoms. The van der Waals surface area contributed by atoms with E-state index < -0.39 is 22.9 Å². The molecular weight excluding hydrogens is 549 g/mol. The van der Waals surface area contributed by atoms with Gasteiger partial charge < -0.3 is 16.0 Å². The molecule has 0 spiro atoms. The number of benzene rings is 4. The summed E-state index contributed by atoms with van der Waals surface area (Å²) >= 11 is 1.34. The Bertz CT molecular complexity index is 1590. The minimum atomic E-state index is -0.625. The predicted molar refractivity (Wildman–Crippen MR) is 168 cm³/mol. The molecule has 1 atom stereocenters. The fourth-order valence-electron chi connectivity index (χ4n) is 3.99. The molecule has 8 heteroatoms. The number of nitrogens with one attached hydrogen (secondary N) is 3. The molecule has 0 heterocycles. The number of carbonyl (C=O) groups is 3. The third-order valence-electron chi connectivity index (χ3n) is 6.35. The first kappa shape index (κ1) is 30.3. The van der Waals surface area contributed by atoms with Gasteiger partial charge in [-0.1, -0.05) is 68.4 Å². The standard InChI is InChI=1S/C34H32FN3O3S/c1-22(2)24-16-18-27(19-17-24)36-32(39)23(3)42-29-14-9-13-28(21-29)37-34(41)31(20-26-12-7-8-15-30(26)35)38-33(40)25-10-5-4-6-11-25/h4-23H,1-3H3,(H,36,39)(H,37,41)(H,38,40)/b31-20-. The van der Waals surface area contributed by atoms with Crippen molar-refractivity contribution < 1.29 is 18.8 Å². The molecule has 4 aromatic rings. The van der Waals surface area contributed by atoms with Crippen LogP contribution in [0, 0.1) is 5.82 Å². The quantitative estimate of drug-likeness (QED) is 0.134. The average molecular weight is 582 g/mol. The SMILES string of the molecule is CC(Sc1cccc(NC(=O)/C(=C/c2ccccc2F)NC(=O)c2ccccc2)c1)C(=O)Nc1ccc(C(C)C)cc1. The van der Waals surface area contributed by atoms with Crippen molar-refractivity contribution in [2.75, 3.05) is 10.6 Å². The maximum Gasteiger partial charge on any atom is 0.272 e. The van der Waals surface area contributed by atoms with Crippen molar-refractivity contribution in [2.24, 2.45) is 0 Å². The Kier molecular flexibility index (Phi) is 10.3. The van der Waals surface area contributed by atoms with Crippen molar-refractivity contribution in [3.8, 4) is 0 Å². The van der Waals surface area contributed by atoms with Gasteiger partial charge in [0.2, 0.25) is 5.91 Å². The molecule has 4 rings (SSSR count). The summed E-state index contributed by atoms with van der Waals surface area (Å²) in [5, 5.41) is 7.91. The Balaban J connectivity index is 1.46. The fraction of sp³-hybridized carbons (Fsp3) is 0.147. The van der Waals surface area contributed by atoms with E-state index in [9.17, 15) is 18.8 Å². The summed E-state index contributed by atoms with van der Waals surface area (Å²) in [6.07, 6.45) is 1.30. The molecule has 0 saturated carbocycles. The van der Waals surface area contributed by atoms with Crippen LogP contribution >= 0.6 is 11.8 Å². The smallest absolute Gasteiger partial charge is 0.272 e. The summed E-state index contributed by atoms with van der Waals surface area (Å²) < 4.78 is 14.4. The van der Waals surface area contributed by atoms with Gasteiger partial charge in [0.05, 0.1) is 5.25 Å². The third-order valence-corrected chi connectivity index (χ3v) is 7.45. The minimum Gasteiger partial charge on any atom is -0.325 e. The number of hydrogen-bond acceptors (Lipinski definition) is 4. The van der Waals surface area contributed by atoms with Crippen molar-refractivity contribution in [1.82, 2.24) is 5.32 Å². The minimum absolute atomic E-state index is 0.122. The Labute approximate surface area is 249 Å². The summed E-state index contributed by atoms with van der Waals surface area (Å²) in [4.78, 5) is 39.7. The zero-order valence-corrected chi connectivity index (χ0v) is 24.4. The number of carbonyl (C=O) groups excluding carboxylic acids is 3. The number of hydrogen-bond donors (Lipinski definition) is 3. The van der Waals surface area contributed by atoms with E-state index in [2.05, 4.69) is 29.8 Å². The van der Waals surface area contributed by atoms with Gasteiger partial charge in [0.25, 0.3) is 11.8 Å². The van der Waals surface area contributed by atoms with E-state index in [0.29, 0.717) is 17.2 Å². The number of rotatable bonds is 10. The second-order valence-electron chi connectivity index (χ2n) is 9.91. The molecule has 214 valence electrons. The van der Waals surface area contributed by atoms with E-state index in [4.69, 9.17) is 0 Å². The topological polar surface area (TPSA) is 87.3 Å². The summed E-state index contributed by atoms with van der Waals surface area (Å²) in [7, 11) is 0. The summed E-state index contributed by atoms with van der Waals surface area (Å²) in [6, 6.07) is 29.2. The lowest BCUT2D eigenvalue weighted by Gasteiger charge is -2.14. The number of anilines is 2. The predicted octanol–water partition coefficient (Wildman–Crippen LogP) is 7.48. The van der Waals surface area contributed by atoms with Crippen LogP contribution in [0.4, 0.5) is 15.8 Å². The van der Waals surface area contributed by atoms with Crippen molar-refractivity contribution in [2.45, 2.75) is 36.8 Å². The monoisotopic (exact) mass is 581 g/mol. The number of amides is 3. The highest BCUT2D eigenvalue weighted by Crippen LogP contribution is 2.27. The molecule has 6 nitrogen and oxygen atoms in total. The van der Waals surface area contributed by atoms with Gasteiger partial charge in [-0.2, -0.15) is 0 Å². The Morgan fingerprint density at radius 2 is 1.45 bits per heavy atom. The molecule has 4 aromatic carbocycles. The highest BCUT2D eigenvalue weighted by atomic mass is 32.2. The van der Waals surface area contributed by atoms with Crippen molar-refractivity contribution >= 4 is 46.9 Å². The van der Waals surface area contributed by atoms with E-state index in [1.54, 1.807) is 60.7 Å². The zero-order chi connectivity index (χ0) is 30.1. The molecular formula is C34H32FN3O3S. The Hall–Kier alpha value is -4.69. The van der Waals surface area contributed by atoms with E-state index in [-0.39, 0.29) is 17.2 Å². The van der Waals surface area contributed by atoms with E-state index in [1.165, 1.54) is 35.5 Å². The van der Waals surface area contributed by atoms with E-state index in [1.807, 2.05) is 37.3 Å². The van der Waals surface area contributed by atoms with Gasteiger partial charge in [0.15, 0.2) is 0 Å². The first-order valence-corrected chi connectivity index (χ1v) is 14.4. The van der Waals surface area contributed by atoms with Gasteiger partial charge in [-0.05, 0) is 73.0 Å². The summed E-state index contributed by atoms with van der Waals surface area (Å²) in [5.74, 6) is -1.40. The molecule has 3 N–H and O–H groups in total. The van der Waals surface area contributed by atoms with Crippen molar-refractivity contribution in [3.05, 3.63) is 131 Å². The van der Waals surface area contributed by atoms with Crippen LogP contribution in [-0.4, -0.2) is 23.0 Å². The molecule has 3 amide bonds. The molecule has 1 unspecified atom stereocenters. The van der Waals surface area contributed by atoms with Gasteiger partial charge in [-0.15, -0.1) is 11.8 Å². The fourth-order valence-corrected chi connectivity index (χ4v) is 4.91. The van der Waals surface area contributed by atoms with Crippen LogP contribution in [0.2, 0.25) is 0 Å². The highest BCUT2D eigenvalue weighted by Gasteiger charge is 2.18. The number of halogens is 1. The lowest BCUT2D eigenvalue weighted by Crippen LogP contribution is -2.30. The molecule has 0 fully saturated rings. The van der Waals surface area contributed by atoms with Gasteiger partial charge in [0.1, 0.15) is 11.5 Å². The third kappa shape index (κ3) is 8.41. The molecule has 0 aromatic heterocycles.